The van der Waals surface area contributed by atoms with Crippen LogP contribution in [0.3, 0.4) is 0 Å². The van der Waals surface area contributed by atoms with Gasteiger partial charge in [0.05, 0.1) is 0 Å². The number of likely N-dealkylation sites (tertiary alicyclic amines) is 1. The number of aliphatic imine (C=N–C) groups is 1. The summed E-state index contributed by atoms with van der Waals surface area (Å²) in [6.07, 6.45) is 12.8. The van der Waals surface area contributed by atoms with Crippen LogP contribution < -0.4 is 11.1 Å². The SMILES string of the molecule is NCC1CCCC(CN=C(Nc2cccc(F)c2)N2CCCC3CCCCC32)C1. The Balaban J connectivity index is 1.53. The van der Waals surface area contributed by atoms with Crippen LogP contribution in [0.4, 0.5) is 10.1 Å². The number of nitrogens with one attached hydrogen (secondary N) is 1. The van der Waals surface area contributed by atoms with E-state index in [4.69, 9.17) is 10.7 Å². The van der Waals surface area contributed by atoms with Crippen molar-refractivity contribution in [1.82, 2.24) is 4.90 Å². The van der Waals surface area contributed by atoms with Crippen LogP contribution in [-0.4, -0.2) is 36.5 Å². The molecule has 4 rings (SSSR count). The maximum absolute atomic E-state index is 13.8. The summed E-state index contributed by atoms with van der Waals surface area (Å²) in [4.78, 5) is 7.64. The molecule has 5 heteroatoms. The quantitative estimate of drug-likeness (QED) is 0.551. The summed E-state index contributed by atoms with van der Waals surface area (Å²) in [5, 5.41) is 3.50. The average molecular weight is 401 g/mol. The van der Waals surface area contributed by atoms with Gasteiger partial charge in [-0.15, -0.1) is 0 Å². The number of nitrogens with two attached hydrogens (primary N) is 1. The minimum atomic E-state index is -0.207. The molecule has 4 atom stereocenters. The van der Waals surface area contributed by atoms with Gasteiger partial charge in [0, 0.05) is 24.8 Å². The van der Waals surface area contributed by atoms with Crippen LogP contribution in [0.5, 0.6) is 0 Å². The Bertz CT molecular complexity index is 689. The van der Waals surface area contributed by atoms with Crippen LogP contribution in [0.1, 0.15) is 64.2 Å². The van der Waals surface area contributed by atoms with Crippen molar-refractivity contribution in [3.63, 3.8) is 0 Å². The Hall–Kier alpha value is -1.62. The summed E-state index contributed by atoms with van der Waals surface area (Å²) >= 11 is 0. The highest BCUT2D eigenvalue weighted by molar-refractivity contribution is 5.94. The molecule has 1 heterocycles. The fourth-order valence-electron chi connectivity index (χ4n) is 5.78. The molecule has 1 aromatic carbocycles. The van der Waals surface area contributed by atoms with E-state index in [2.05, 4.69) is 10.2 Å². The Morgan fingerprint density at radius 3 is 2.76 bits per heavy atom. The zero-order valence-electron chi connectivity index (χ0n) is 17.7. The van der Waals surface area contributed by atoms with Crippen molar-refractivity contribution in [2.75, 3.05) is 25.0 Å². The smallest absolute Gasteiger partial charge is 0.198 e. The van der Waals surface area contributed by atoms with Crippen molar-refractivity contribution in [1.29, 1.82) is 0 Å². The fourth-order valence-corrected chi connectivity index (χ4v) is 5.78. The Kier molecular flexibility index (Phi) is 7.06. The maximum atomic E-state index is 13.8. The lowest BCUT2D eigenvalue weighted by Crippen LogP contribution is -2.52. The van der Waals surface area contributed by atoms with Gasteiger partial charge in [0.25, 0.3) is 0 Å². The largest absolute Gasteiger partial charge is 0.339 e. The Morgan fingerprint density at radius 1 is 1.07 bits per heavy atom. The molecule has 0 spiro atoms. The van der Waals surface area contributed by atoms with Crippen molar-refractivity contribution in [2.45, 2.75) is 70.3 Å². The lowest BCUT2D eigenvalue weighted by atomic mass is 9.78. The third-order valence-corrected chi connectivity index (χ3v) is 7.32. The molecule has 0 amide bonds. The molecule has 0 radical (unpaired) electrons. The highest BCUT2D eigenvalue weighted by Crippen LogP contribution is 2.36. The van der Waals surface area contributed by atoms with E-state index in [0.717, 1.165) is 37.2 Å². The number of anilines is 1. The molecule has 1 aliphatic heterocycles. The van der Waals surface area contributed by atoms with Gasteiger partial charge in [-0.25, -0.2) is 4.39 Å². The molecule has 0 aromatic heterocycles. The van der Waals surface area contributed by atoms with E-state index in [9.17, 15) is 4.39 Å². The van der Waals surface area contributed by atoms with Gasteiger partial charge < -0.3 is 16.0 Å². The number of fused-ring (bicyclic) bond motifs is 1. The molecule has 3 fully saturated rings. The van der Waals surface area contributed by atoms with Crippen LogP contribution in [0.25, 0.3) is 0 Å². The number of hydrogen-bond acceptors (Lipinski definition) is 2. The van der Waals surface area contributed by atoms with Crippen LogP contribution in [0.2, 0.25) is 0 Å². The van der Waals surface area contributed by atoms with Gasteiger partial charge in [-0.2, -0.15) is 0 Å². The number of benzene rings is 1. The van der Waals surface area contributed by atoms with E-state index >= 15 is 0 Å². The molecule has 3 aliphatic rings. The van der Waals surface area contributed by atoms with Crippen molar-refractivity contribution in [2.24, 2.45) is 28.5 Å². The summed E-state index contributed by atoms with van der Waals surface area (Å²) in [5.74, 6) is 2.81. The average Bonchev–Trinajstić information content (AvgIpc) is 2.76. The van der Waals surface area contributed by atoms with Gasteiger partial charge in [0.1, 0.15) is 5.82 Å². The highest BCUT2D eigenvalue weighted by atomic mass is 19.1. The normalized spacial score (nSPS) is 30.7. The molecule has 160 valence electrons. The summed E-state index contributed by atoms with van der Waals surface area (Å²) in [6.45, 7) is 2.70. The predicted octanol–water partition coefficient (Wildman–Crippen LogP) is 5.01. The first kappa shape index (κ1) is 20.6. The Morgan fingerprint density at radius 2 is 1.90 bits per heavy atom. The molecule has 3 N–H and O–H groups in total. The first-order valence-electron chi connectivity index (χ1n) is 11.8. The zero-order valence-corrected chi connectivity index (χ0v) is 17.7. The second-order valence-corrected chi connectivity index (χ2v) is 9.38. The number of guanidine groups is 1. The zero-order chi connectivity index (χ0) is 20.1. The topological polar surface area (TPSA) is 53.6 Å². The molecule has 1 aromatic rings. The predicted molar refractivity (Wildman–Crippen MR) is 119 cm³/mol. The van der Waals surface area contributed by atoms with Crippen molar-refractivity contribution < 1.29 is 4.39 Å². The van der Waals surface area contributed by atoms with Crippen molar-refractivity contribution >= 4 is 11.6 Å². The molecule has 4 nitrogen and oxygen atoms in total. The van der Waals surface area contributed by atoms with Gasteiger partial charge in [0.15, 0.2) is 5.96 Å². The number of hydrogen-bond donors (Lipinski definition) is 2. The van der Waals surface area contributed by atoms with Crippen molar-refractivity contribution in [3.8, 4) is 0 Å². The summed E-state index contributed by atoms with van der Waals surface area (Å²) in [7, 11) is 0. The van der Waals surface area contributed by atoms with Gasteiger partial charge in [0.2, 0.25) is 0 Å². The minimum Gasteiger partial charge on any atom is -0.339 e. The van der Waals surface area contributed by atoms with Gasteiger partial charge in [-0.05, 0) is 87.4 Å². The number of nitrogens with zero attached hydrogens (tertiary/aromatic N) is 2. The maximum Gasteiger partial charge on any atom is 0.198 e. The highest BCUT2D eigenvalue weighted by Gasteiger charge is 2.35. The molecule has 2 saturated carbocycles. The summed E-state index contributed by atoms with van der Waals surface area (Å²) in [6, 6.07) is 7.35. The van der Waals surface area contributed by atoms with E-state index in [-0.39, 0.29) is 5.82 Å². The van der Waals surface area contributed by atoms with Crippen LogP contribution in [0, 0.1) is 23.6 Å². The van der Waals surface area contributed by atoms with E-state index in [0.29, 0.717) is 17.9 Å². The van der Waals surface area contributed by atoms with E-state index in [1.54, 1.807) is 12.1 Å². The molecular formula is C24H37FN4. The first-order chi connectivity index (χ1) is 14.2. The second kappa shape index (κ2) is 9.92. The minimum absolute atomic E-state index is 0.207. The van der Waals surface area contributed by atoms with Gasteiger partial charge in [-0.3, -0.25) is 4.99 Å². The molecule has 1 saturated heterocycles. The second-order valence-electron chi connectivity index (χ2n) is 9.38. The number of rotatable bonds is 4. The Labute approximate surface area is 175 Å². The fraction of sp³-hybridized carbons (Fsp3) is 0.708. The lowest BCUT2D eigenvalue weighted by Gasteiger charge is -2.45. The standard InChI is InChI=1S/C24H37FN4/c25-21-10-4-11-22(15-21)28-24(27-17-19-7-3-6-18(14-19)16-26)29-13-5-9-20-8-1-2-12-23(20)29/h4,10-11,15,18-20,23H,1-3,5-9,12-14,16-17,26H2,(H,27,28). The number of halogens is 1. The molecule has 0 bridgehead atoms. The first-order valence-corrected chi connectivity index (χ1v) is 11.8. The van der Waals surface area contributed by atoms with E-state index in [1.807, 2.05) is 6.07 Å². The van der Waals surface area contributed by atoms with Gasteiger partial charge >= 0.3 is 0 Å². The van der Waals surface area contributed by atoms with Crippen LogP contribution in [-0.2, 0) is 0 Å². The third kappa shape index (κ3) is 5.30. The van der Waals surface area contributed by atoms with Crippen molar-refractivity contribution in [3.05, 3.63) is 30.1 Å². The van der Waals surface area contributed by atoms with Gasteiger partial charge in [-0.1, -0.05) is 25.3 Å². The summed E-state index contributed by atoms with van der Waals surface area (Å²) in [5.41, 5.74) is 6.73. The van der Waals surface area contributed by atoms with Crippen LogP contribution in [0.15, 0.2) is 29.3 Å². The van der Waals surface area contributed by atoms with Crippen LogP contribution >= 0.6 is 0 Å². The summed E-state index contributed by atoms with van der Waals surface area (Å²) < 4.78 is 13.8. The van der Waals surface area contributed by atoms with E-state index < -0.39 is 0 Å². The molecular weight excluding hydrogens is 363 g/mol. The molecule has 29 heavy (non-hydrogen) atoms. The number of piperidine rings is 1. The lowest BCUT2D eigenvalue weighted by molar-refractivity contribution is 0.119. The molecule has 2 aliphatic carbocycles. The molecule has 4 unspecified atom stereocenters. The monoisotopic (exact) mass is 400 g/mol. The van der Waals surface area contributed by atoms with E-state index in [1.165, 1.54) is 70.3 Å². The third-order valence-electron chi connectivity index (χ3n) is 7.32.